The summed E-state index contributed by atoms with van der Waals surface area (Å²) in [4.78, 5) is 10.9. The fourth-order valence-corrected chi connectivity index (χ4v) is 10.1. The highest BCUT2D eigenvalue weighted by Crippen LogP contribution is 2.51. The summed E-state index contributed by atoms with van der Waals surface area (Å²) < 4.78 is 4.87. The minimum absolute atomic E-state index is 0.672. The predicted octanol–water partition coefficient (Wildman–Crippen LogP) is 13.9. The van der Waals surface area contributed by atoms with E-state index in [4.69, 9.17) is 9.97 Å². The van der Waals surface area contributed by atoms with E-state index in [1.54, 1.807) is 0 Å². The van der Waals surface area contributed by atoms with Gasteiger partial charge in [-0.3, -0.25) is 4.57 Å². The molecule has 9 aromatic carbocycles. The molecular formula is C50H29N3S. The van der Waals surface area contributed by atoms with Gasteiger partial charge in [0.1, 0.15) is 0 Å². The number of benzene rings is 9. The summed E-state index contributed by atoms with van der Waals surface area (Å²) in [5.74, 6) is 0.672. The fraction of sp³-hybridized carbons (Fsp3) is 0. The zero-order valence-corrected chi connectivity index (χ0v) is 29.8. The van der Waals surface area contributed by atoms with Crippen molar-refractivity contribution in [3.05, 3.63) is 176 Å². The van der Waals surface area contributed by atoms with Crippen LogP contribution in [0.25, 0.3) is 114 Å². The molecule has 0 aliphatic rings. The second-order valence-corrected chi connectivity index (χ2v) is 15.1. The van der Waals surface area contributed by atoms with Gasteiger partial charge in [0, 0.05) is 48.0 Å². The maximum absolute atomic E-state index is 5.53. The number of para-hydroxylation sites is 2. The van der Waals surface area contributed by atoms with Gasteiger partial charge in [0.05, 0.1) is 26.9 Å². The van der Waals surface area contributed by atoms with Crippen LogP contribution in [0, 0.1) is 0 Å². The van der Waals surface area contributed by atoms with E-state index in [0.717, 1.165) is 33.2 Å². The summed E-state index contributed by atoms with van der Waals surface area (Å²) in [6.07, 6.45) is 0. The Bertz CT molecular complexity index is 3490. The zero-order chi connectivity index (χ0) is 35.3. The Hall–Kier alpha value is -6.88. The Morgan fingerprint density at radius 3 is 1.65 bits per heavy atom. The van der Waals surface area contributed by atoms with Crippen molar-refractivity contribution >= 4 is 96.5 Å². The molecule has 3 heterocycles. The topological polar surface area (TPSA) is 30.7 Å². The van der Waals surface area contributed by atoms with Crippen molar-refractivity contribution in [2.45, 2.75) is 0 Å². The van der Waals surface area contributed by atoms with Gasteiger partial charge < -0.3 is 0 Å². The van der Waals surface area contributed by atoms with Crippen LogP contribution in [-0.2, 0) is 0 Å². The molecule has 0 saturated carbocycles. The molecule has 0 unspecified atom stereocenters. The molecule has 3 nitrogen and oxygen atoms in total. The molecule has 0 N–H and O–H groups in total. The molecule has 0 aliphatic heterocycles. The summed E-state index contributed by atoms with van der Waals surface area (Å²) in [6.45, 7) is 0. The van der Waals surface area contributed by atoms with Crippen molar-refractivity contribution in [2.75, 3.05) is 0 Å². The van der Waals surface area contributed by atoms with E-state index < -0.39 is 0 Å². The van der Waals surface area contributed by atoms with Gasteiger partial charge in [-0.15, -0.1) is 11.3 Å². The minimum Gasteiger partial charge on any atom is -0.276 e. The van der Waals surface area contributed by atoms with Crippen LogP contribution in [0.5, 0.6) is 0 Å². The summed E-state index contributed by atoms with van der Waals surface area (Å²) in [7, 11) is 0. The van der Waals surface area contributed by atoms with Crippen molar-refractivity contribution in [3.63, 3.8) is 0 Å². The van der Waals surface area contributed by atoms with E-state index >= 15 is 0 Å². The molecule has 250 valence electrons. The number of hydrogen-bond donors (Lipinski definition) is 0. The van der Waals surface area contributed by atoms with Gasteiger partial charge >= 0.3 is 0 Å². The Labute approximate surface area is 314 Å². The van der Waals surface area contributed by atoms with Crippen LogP contribution in [0.1, 0.15) is 0 Å². The van der Waals surface area contributed by atoms with E-state index in [-0.39, 0.29) is 0 Å². The molecule has 0 bridgehead atoms. The summed E-state index contributed by atoms with van der Waals surface area (Å²) in [6, 6.07) is 63.3. The zero-order valence-electron chi connectivity index (χ0n) is 29.0. The molecule has 12 aromatic rings. The normalized spacial score (nSPS) is 12.1. The molecule has 12 rings (SSSR count). The third kappa shape index (κ3) is 4.11. The monoisotopic (exact) mass is 703 g/mol. The number of nitrogens with zero attached hydrogens (tertiary/aromatic N) is 3. The predicted molar refractivity (Wildman–Crippen MR) is 230 cm³/mol. The third-order valence-electron chi connectivity index (χ3n) is 11.2. The highest BCUT2D eigenvalue weighted by atomic mass is 32.1. The van der Waals surface area contributed by atoms with Crippen LogP contribution in [0.4, 0.5) is 0 Å². The van der Waals surface area contributed by atoms with Crippen LogP contribution in [0.2, 0.25) is 0 Å². The van der Waals surface area contributed by atoms with Gasteiger partial charge in [-0.25, -0.2) is 9.97 Å². The van der Waals surface area contributed by atoms with E-state index in [9.17, 15) is 0 Å². The van der Waals surface area contributed by atoms with Gasteiger partial charge in [-0.2, -0.15) is 0 Å². The molecule has 0 atom stereocenters. The van der Waals surface area contributed by atoms with Gasteiger partial charge in [-0.05, 0) is 50.9 Å². The van der Waals surface area contributed by atoms with Crippen LogP contribution in [0.15, 0.2) is 176 Å². The first kappa shape index (κ1) is 29.7. The number of fused-ring (bicyclic) bond motifs is 16. The minimum atomic E-state index is 0.672. The van der Waals surface area contributed by atoms with E-state index in [2.05, 4.69) is 180 Å². The second kappa shape index (κ2) is 11.3. The number of aromatic nitrogens is 3. The molecule has 0 fully saturated rings. The second-order valence-electron chi connectivity index (χ2n) is 14.1. The molecular weight excluding hydrogens is 675 g/mol. The quantitative estimate of drug-likeness (QED) is 0.172. The van der Waals surface area contributed by atoms with Crippen molar-refractivity contribution in [1.82, 2.24) is 14.5 Å². The first-order chi connectivity index (χ1) is 26.8. The maximum atomic E-state index is 5.53. The molecule has 0 saturated heterocycles. The lowest BCUT2D eigenvalue weighted by molar-refractivity contribution is 1.02. The molecule has 4 heteroatoms. The van der Waals surface area contributed by atoms with E-state index in [1.165, 1.54) is 74.4 Å². The highest BCUT2D eigenvalue weighted by Gasteiger charge is 2.26. The molecule has 3 aromatic heterocycles. The standard InChI is InChI=1S/C50H29N3S/c1-2-14-30(15-3-1)31-26-28-32(29-27-31)47-37-20-8-11-23-40(37)51-50(52-47)53-41-24-12-9-21-38(41)45-43-35-18-6-4-16-33(35)34-17-5-7-19-36(34)44(43)46-39-22-10-13-25-42(39)54-49(46)48(45)53/h1-29H. The Balaban J connectivity index is 1.27. The summed E-state index contributed by atoms with van der Waals surface area (Å²) in [5, 5.41) is 13.7. The first-order valence-electron chi connectivity index (χ1n) is 18.3. The van der Waals surface area contributed by atoms with Crippen LogP contribution >= 0.6 is 11.3 Å². The van der Waals surface area contributed by atoms with Crippen LogP contribution < -0.4 is 0 Å². The van der Waals surface area contributed by atoms with Gasteiger partial charge in [-0.1, -0.05) is 158 Å². The van der Waals surface area contributed by atoms with Crippen molar-refractivity contribution in [2.24, 2.45) is 0 Å². The lowest BCUT2D eigenvalue weighted by Crippen LogP contribution is -2.03. The van der Waals surface area contributed by atoms with Gasteiger partial charge in [0.2, 0.25) is 5.95 Å². The Kier molecular flexibility index (Phi) is 6.21. The average molecular weight is 704 g/mol. The third-order valence-corrected chi connectivity index (χ3v) is 12.4. The maximum Gasteiger partial charge on any atom is 0.235 e. The number of thiophene rings is 1. The molecule has 0 aliphatic carbocycles. The highest BCUT2D eigenvalue weighted by molar-refractivity contribution is 7.27. The van der Waals surface area contributed by atoms with E-state index in [1.807, 2.05) is 11.3 Å². The molecule has 0 spiro atoms. The fourth-order valence-electron chi connectivity index (χ4n) is 8.87. The van der Waals surface area contributed by atoms with Crippen LogP contribution in [-0.4, -0.2) is 14.5 Å². The lowest BCUT2D eigenvalue weighted by Gasteiger charge is -2.15. The SMILES string of the molecule is c1ccc(-c2ccc(-c3nc(-n4c5ccccc5c5c6c7ccccc7c7ccccc7c6c6c7ccccc7sc6c54)nc4ccccc34)cc2)cc1. The Morgan fingerprint density at radius 1 is 0.370 bits per heavy atom. The lowest BCUT2D eigenvalue weighted by atomic mass is 9.89. The molecule has 0 radical (unpaired) electrons. The van der Waals surface area contributed by atoms with Crippen molar-refractivity contribution in [1.29, 1.82) is 0 Å². The Morgan fingerprint density at radius 2 is 0.907 bits per heavy atom. The largest absolute Gasteiger partial charge is 0.276 e. The molecule has 0 amide bonds. The van der Waals surface area contributed by atoms with Gasteiger partial charge in [0.15, 0.2) is 0 Å². The van der Waals surface area contributed by atoms with Crippen molar-refractivity contribution in [3.8, 4) is 28.3 Å². The average Bonchev–Trinajstić information content (AvgIpc) is 3.80. The van der Waals surface area contributed by atoms with Crippen molar-refractivity contribution < 1.29 is 0 Å². The molecule has 54 heavy (non-hydrogen) atoms. The number of rotatable bonds is 3. The first-order valence-corrected chi connectivity index (χ1v) is 19.2. The summed E-state index contributed by atoms with van der Waals surface area (Å²) in [5.41, 5.74) is 7.52. The smallest absolute Gasteiger partial charge is 0.235 e. The van der Waals surface area contributed by atoms with Crippen LogP contribution in [0.3, 0.4) is 0 Å². The summed E-state index contributed by atoms with van der Waals surface area (Å²) >= 11 is 1.87. The number of hydrogen-bond acceptors (Lipinski definition) is 3. The van der Waals surface area contributed by atoms with E-state index in [0.29, 0.717) is 5.95 Å². The van der Waals surface area contributed by atoms with Gasteiger partial charge in [0.25, 0.3) is 0 Å².